The van der Waals surface area contributed by atoms with Gasteiger partial charge in [-0.2, -0.15) is 0 Å². The molecule has 0 spiro atoms. The number of benzene rings is 2. The number of rotatable bonds is 8. The van der Waals surface area contributed by atoms with Crippen LogP contribution < -0.4 is 5.56 Å². The van der Waals surface area contributed by atoms with Gasteiger partial charge in [0.15, 0.2) is 5.16 Å². The molecular weight excluding hydrogens is 372 g/mol. The van der Waals surface area contributed by atoms with Crippen LogP contribution in [0.2, 0.25) is 0 Å². The molecule has 146 valence electrons. The molecule has 0 N–H and O–H groups in total. The predicted octanol–water partition coefficient (Wildman–Crippen LogP) is 4.44. The van der Waals surface area contributed by atoms with Crippen molar-refractivity contribution in [3.05, 3.63) is 70.5 Å². The van der Waals surface area contributed by atoms with Crippen molar-refractivity contribution in [3.8, 4) is 0 Å². The van der Waals surface area contributed by atoms with Crippen LogP contribution in [0.15, 0.2) is 64.5 Å². The van der Waals surface area contributed by atoms with E-state index in [-0.39, 0.29) is 24.0 Å². The van der Waals surface area contributed by atoms with Gasteiger partial charge in [-0.25, -0.2) is 4.98 Å². The Morgan fingerprint density at radius 1 is 1.14 bits per heavy atom. The Bertz CT molecular complexity index is 1000. The van der Waals surface area contributed by atoms with E-state index in [1.54, 1.807) is 10.6 Å². The number of ether oxygens (including phenoxy) is 1. The zero-order valence-electron chi connectivity index (χ0n) is 16.1. The van der Waals surface area contributed by atoms with Crippen molar-refractivity contribution in [1.29, 1.82) is 0 Å². The van der Waals surface area contributed by atoms with Gasteiger partial charge in [0.2, 0.25) is 0 Å². The number of carbonyl (C=O) groups excluding carboxylic acids is 1. The quantitative estimate of drug-likeness (QED) is 0.320. The summed E-state index contributed by atoms with van der Waals surface area (Å²) in [5, 5.41) is 1.21. The van der Waals surface area contributed by atoms with E-state index in [1.807, 2.05) is 62.4 Å². The van der Waals surface area contributed by atoms with E-state index in [9.17, 15) is 9.59 Å². The van der Waals surface area contributed by atoms with Crippen LogP contribution >= 0.6 is 11.8 Å². The zero-order chi connectivity index (χ0) is 19.9. The number of esters is 1. The summed E-state index contributed by atoms with van der Waals surface area (Å²) in [6, 6.07) is 17.1. The second-order valence-corrected chi connectivity index (χ2v) is 7.55. The molecule has 0 amide bonds. The zero-order valence-corrected chi connectivity index (χ0v) is 16.9. The summed E-state index contributed by atoms with van der Waals surface area (Å²) in [5.41, 5.74) is 1.63. The van der Waals surface area contributed by atoms with Gasteiger partial charge in [-0.3, -0.25) is 14.2 Å². The van der Waals surface area contributed by atoms with Crippen LogP contribution in [0.5, 0.6) is 0 Å². The highest BCUT2D eigenvalue weighted by Crippen LogP contribution is 2.25. The minimum Gasteiger partial charge on any atom is -0.466 e. The van der Waals surface area contributed by atoms with E-state index in [2.05, 4.69) is 0 Å². The van der Waals surface area contributed by atoms with Crippen LogP contribution in [-0.2, 0) is 9.53 Å². The van der Waals surface area contributed by atoms with E-state index < -0.39 is 0 Å². The van der Waals surface area contributed by atoms with Crippen molar-refractivity contribution < 1.29 is 9.53 Å². The molecular formula is C22H24N2O3S. The highest BCUT2D eigenvalue weighted by molar-refractivity contribution is 7.99. The molecule has 0 aliphatic heterocycles. The van der Waals surface area contributed by atoms with Gasteiger partial charge >= 0.3 is 5.97 Å². The fourth-order valence-electron chi connectivity index (χ4n) is 2.96. The van der Waals surface area contributed by atoms with Gasteiger partial charge in [0.1, 0.15) is 0 Å². The Labute approximate surface area is 168 Å². The lowest BCUT2D eigenvalue weighted by molar-refractivity contribution is -0.143. The molecule has 0 unspecified atom stereocenters. The number of fused-ring (bicyclic) bond motifs is 1. The van der Waals surface area contributed by atoms with Crippen LogP contribution in [0, 0.1) is 0 Å². The fraction of sp³-hybridized carbons (Fsp3) is 0.318. The van der Waals surface area contributed by atoms with Gasteiger partial charge in [-0.15, -0.1) is 0 Å². The number of nitrogens with zero attached hydrogens (tertiary/aromatic N) is 2. The molecule has 0 aliphatic carbocycles. The maximum atomic E-state index is 13.2. The molecule has 2 aromatic carbocycles. The average Bonchev–Trinajstić information content (AvgIpc) is 2.72. The molecule has 6 heteroatoms. The molecule has 0 fully saturated rings. The summed E-state index contributed by atoms with van der Waals surface area (Å²) in [4.78, 5) is 29.7. The van der Waals surface area contributed by atoms with Crippen molar-refractivity contribution in [2.75, 3.05) is 12.4 Å². The van der Waals surface area contributed by atoms with E-state index in [0.717, 1.165) is 12.0 Å². The van der Waals surface area contributed by atoms with Gasteiger partial charge in [0, 0.05) is 5.75 Å². The largest absolute Gasteiger partial charge is 0.466 e. The topological polar surface area (TPSA) is 61.2 Å². The van der Waals surface area contributed by atoms with Gasteiger partial charge in [-0.1, -0.05) is 61.2 Å². The van der Waals surface area contributed by atoms with Crippen LogP contribution in [0.4, 0.5) is 0 Å². The molecule has 0 aliphatic rings. The highest BCUT2D eigenvalue weighted by Gasteiger charge is 2.18. The van der Waals surface area contributed by atoms with Crippen molar-refractivity contribution >= 4 is 28.6 Å². The lowest BCUT2D eigenvalue weighted by Gasteiger charge is -2.20. The van der Waals surface area contributed by atoms with Crippen LogP contribution in [0.3, 0.4) is 0 Å². The second-order valence-electron chi connectivity index (χ2n) is 6.49. The summed E-state index contributed by atoms with van der Waals surface area (Å²) in [7, 11) is 0. The minimum absolute atomic E-state index is 0.0713. The van der Waals surface area contributed by atoms with Gasteiger partial charge < -0.3 is 4.74 Å². The molecule has 0 saturated heterocycles. The third-order valence-electron chi connectivity index (χ3n) is 4.45. The molecule has 5 nitrogen and oxygen atoms in total. The first-order valence-corrected chi connectivity index (χ1v) is 10.4. The standard InChI is InChI=1S/C22H24N2O3S/c1-3-14-27-20(25)13-15-28-22-23-19-12-8-7-11-18(19)21(26)24(22)16(2)17-9-5-4-6-10-17/h4-12,16H,3,13-15H2,1-2H3/t16-/m0/s1. The number of carbonyl (C=O) groups is 1. The maximum absolute atomic E-state index is 13.2. The summed E-state index contributed by atoms with van der Waals surface area (Å²) in [6.45, 7) is 4.39. The lowest BCUT2D eigenvalue weighted by Crippen LogP contribution is -2.27. The first-order chi connectivity index (χ1) is 13.6. The molecule has 1 atom stereocenters. The molecule has 0 radical (unpaired) electrons. The molecule has 1 aromatic heterocycles. The van der Waals surface area contributed by atoms with Crippen molar-refractivity contribution in [2.24, 2.45) is 0 Å². The first kappa shape index (κ1) is 20.1. The Balaban J connectivity index is 1.93. The Hall–Kier alpha value is -2.60. The van der Waals surface area contributed by atoms with E-state index in [4.69, 9.17) is 9.72 Å². The minimum atomic E-state index is -0.222. The Kier molecular flexibility index (Phi) is 6.87. The van der Waals surface area contributed by atoms with E-state index >= 15 is 0 Å². The van der Waals surface area contributed by atoms with Crippen LogP contribution in [0.1, 0.15) is 38.3 Å². The number of para-hydroxylation sites is 1. The van der Waals surface area contributed by atoms with Gasteiger partial charge in [0.05, 0.1) is 30.0 Å². The summed E-state index contributed by atoms with van der Waals surface area (Å²) >= 11 is 1.41. The first-order valence-electron chi connectivity index (χ1n) is 9.46. The third kappa shape index (κ3) is 4.62. The maximum Gasteiger partial charge on any atom is 0.306 e. The Morgan fingerprint density at radius 2 is 1.86 bits per heavy atom. The van der Waals surface area contributed by atoms with Crippen LogP contribution in [0.25, 0.3) is 10.9 Å². The molecule has 0 saturated carbocycles. The molecule has 3 aromatic rings. The van der Waals surface area contributed by atoms with Crippen molar-refractivity contribution in [2.45, 2.75) is 37.9 Å². The monoisotopic (exact) mass is 396 g/mol. The number of aromatic nitrogens is 2. The molecule has 0 bridgehead atoms. The fourth-order valence-corrected chi connectivity index (χ4v) is 3.96. The van der Waals surface area contributed by atoms with Crippen LogP contribution in [-0.4, -0.2) is 27.9 Å². The van der Waals surface area contributed by atoms with Crippen molar-refractivity contribution in [3.63, 3.8) is 0 Å². The normalized spacial score (nSPS) is 12.1. The third-order valence-corrected chi connectivity index (χ3v) is 5.40. The molecule has 3 rings (SSSR count). The number of hydrogen-bond donors (Lipinski definition) is 0. The van der Waals surface area contributed by atoms with Crippen molar-refractivity contribution in [1.82, 2.24) is 9.55 Å². The van der Waals surface area contributed by atoms with E-state index in [0.29, 0.717) is 28.4 Å². The SMILES string of the molecule is CCCOC(=O)CCSc1nc2ccccc2c(=O)n1[C@@H](C)c1ccccc1. The summed E-state index contributed by atoms with van der Waals surface area (Å²) in [6.07, 6.45) is 1.09. The Morgan fingerprint density at radius 3 is 2.61 bits per heavy atom. The summed E-state index contributed by atoms with van der Waals surface area (Å²) < 4.78 is 6.85. The van der Waals surface area contributed by atoms with Gasteiger partial charge in [0.25, 0.3) is 5.56 Å². The van der Waals surface area contributed by atoms with Gasteiger partial charge in [-0.05, 0) is 31.0 Å². The molecule has 28 heavy (non-hydrogen) atoms. The lowest BCUT2D eigenvalue weighted by atomic mass is 10.1. The predicted molar refractivity (Wildman–Crippen MR) is 113 cm³/mol. The number of hydrogen-bond acceptors (Lipinski definition) is 5. The number of thioether (sulfide) groups is 1. The smallest absolute Gasteiger partial charge is 0.306 e. The van der Waals surface area contributed by atoms with E-state index in [1.165, 1.54) is 11.8 Å². The highest BCUT2D eigenvalue weighted by atomic mass is 32.2. The molecule has 1 heterocycles. The average molecular weight is 397 g/mol. The second kappa shape index (κ2) is 9.55. The summed E-state index contributed by atoms with van der Waals surface area (Å²) in [5.74, 6) is 0.287.